The smallest absolute Gasteiger partial charge is 0.291 e. The molecule has 152 valence electrons. The van der Waals surface area contributed by atoms with Crippen LogP contribution in [-0.2, 0) is 6.61 Å². The van der Waals surface area contributed by atoms with Crippen LogP contribution in [0.3, 0.4) is 0 Å². The van der Waals surface area contributed by atoms with Crippen molar-refractivity contribution in [2.75, 3.05) is 5.32 Å². The van der Waals surface area contributed by atoms with Gasteiger partial charge in [-0.1, -0.05) is 34.8 Å². The molecule has 2 aromatic carbocycles. The van der Waals surface area contributed by atoms with Crippen molar-refractivity contribution in [3.05, 3.63) is 87.3 Å². The molecule has 2 heterocycles. The molecule has 1 amide bonds. The van der Waals surface area contributed by atoms with Crippen molar-refractivity contribution >= 4 is 46.4 Å². The lowest BCUT2D eigenvalue weighted by molar-refractivity contribution is 0.0997. The first-order valence-electron chi connectivity index (χ1n) is 8.80. The third kappa shape index (κ3) is 4.25. The van der Waals surface area contributed by atoms with Gasteiger partial charge in [0.15, 0.2) is 5.76 Å². The normalized spacial score (nSPS) is 10.9. The summed E-state index contributed by atoms with van der Waals surface area (Å²) in [5.74, 6) is 1.10. The molecule has 8 heteroatoms. The highest BCUT2D eigenvalue weighted by Gasteiger charge is 2.16. The van der Waals surface area contributed by atoms with E-state index in [-0.39, 0.29) is 12.4 Å². The number of aliphatic hydroxyl groups is 1. The molecule has 5 nitrogen and oxygen atoms in total. The second-order valence-corrected chi connectivity index (χ2v) is 7.61. The third-order valence-electron chi connectivity index (χ3n) is 4.34. The molecule has 0 atom stereocenters. The fraction of sp³-hybridized carbons (Fsp3) is 0.0455. The number of aliphatic hydroxyl groups excluding tert-OH is 1. The molecular formula is C22H14Cl3NO4. The van der Waals surface area contributed by atoms with E-state index < -0.39 is 5.91 Å². The molecular weight excluding hydrogens is 449 g/mol. The fourth-order valence-electron chi connectivity index (χ4n) is 2.89. The monoisotopic (exact) mass is 461 g/mol. The lowest BCUT2D eigenvalue weighted by Crippen LogP contribution is -2.10. The van der Waals surface area contributed by atoms with E-state index in [0.717, 1.165) is 0 Å². The van der Waals surface area contributed by atoms with Gasteiger partial charge in [-0.15, -0.1) is 0 Å². The van der Waals surface area contributed by atoms with Gasteiger partial charge in [0.2, 0.25) is 0 Å². The number of nitrogens with one attached hydrogen (secondary N) is 1. The van der Waals surface area contributed by atoms with Crippen molar-refractivity contribution in [3.8, 4) is 22.6 Å². The van der Waals surface area contributed by atoms with Crippen LogP contribution < -0.4 is 5.32 Å². The summed E-state index contributed by atoms with van der Waals surface area (Å²) >= 11 is 18.4. The van der Waals surface area contributed by atoms with Crippen LogP contribution in [-0.4, -0.2) is 11.0 Å². The molecule has 0 aliphatic rings. The highest BCUT2D eigenvalue weighted by molar-refractivity contribution is 6.36. The van der Waals surface area contributed by atoms with E-state index in [2.05, 4.69) is 5.32 Å². The van der Waals surface area contributed by atoms with Crippen LogP contribution in [0.4, 0.5) is 5.69 Å². The summed E-state index contributed by atoms with van der Waals surface area (Å²) in [6, 6.07) is 16.7. The summed E-state index contributed by atoms with van der Waals surface area (Å²) in [4.78, 5) is 12.6. The molecule has 0 bridgehead atoms. The maximum absolute atomic E-state index is 12.6. The van der Waals surface area contributed by atoms with Crippen molar-refractivity contribution in [3.63, 3.8) is 0 Å². The van der Waals surface area contributed by atoms with E-state index in [0.29, 0.717) is 49.2 Å². The number of anilines is 1. The number of halogens is 3. The zero-order valence-corrected chi connectivity index (χ0v) is 17.6. The van der Waals surface area contributed by atoms with E-state index >= 15 is 0 Å². The number of benzene rings is 2. The predicted molar refractivity (Wildman–Crippen MR) is 117 cm³/mol. The first kappa shape index (κ1) is 20.6. The summed E-state index contributed by atoms with van der Waals surface area (Å²) in [6.45, 7) is -0.196. The molecule has 0 saturated heterocycles. The van der Waals surface area contributed by atoms with Gasteiger partial charge in [-0.3, -0.25) is 4.79 Å². The van der Waals surface area contributed by atoms with Crippen LogP contribution in [0.15, 0.2) is 69.5 Å². The zero-order valence-electron chi connectivity index (χ0n) is 15.3. The molecule has 0 radical (unpaired) electrons. The average molecular weight is 463 g/mol. The fourth-order valence-corrected chi connectivity index (χ4v) is 3.66. The van der Waals surface area contributed by atoms with Crippen LogP contribution in [0.2, 0.25) is 15.1 Å². The second-order valence-electron chi connectivity index (χ2n) is 6.36. The second kappa shape index (κ2) is 8.58. The molecule has 0 aliphatic carbocycles. The topological polar surface area (TPSA) is 75.6 Å². The number of carbonyl (C=O) groups excluding carboxylic acids is 1. The molecule has 0 aliphatic heterocycles. The molecule has 30 heavy (non-hydrogen) atoms. The van der Waals surface area contributed by atoms with Gasteiger partial charge >= 0.3 is 0 Å². The lowest BCUT2D eigenvalue weighted by Gasteiger charge is -2.07. The van der Waals surface area contributed by atoms with Crippen molar-refractivity contribution in [1.82, 2.24) is 0 Å². The summed E-state index contributed by atoms with van der Waals surface area (Å²) in [5.41, 5.74) is 1.77. The van der Waals surface area contributed by atoms with Gasteiger partial charge in [0.1, 0.15) is 23.9 Å². The van der Waals surface area contributed by atoms with Gasteiger partial charge in [0.05, 0.1) is 10.0 Å². The van der Waals surface area contributed by atoms with E-state index in [4.69, 9.17) is 48.7 Å². The average Bonchev–Trinajstić information content (AvgIpc) is 3.38. The van der Waals surface area contributed by atoms with Crippen LogP contribution in [0.5, 0.6) is 0 Å². The van der Waals surface area contributed by atoms with Crippen LogP contribution in [0, 0.1) is 0 Å². The number of carbonyl (C=O) groups is 1. The Balaban J connectivity index is 1.51. The SMILES string of the molecule is O=C(Nc1ccc(-c2ccc(CO)o2)c(Cl)c1)c1ccc(-c2ccc(Cl)cc2Cl)o1. The van der Waals surface area contributed by atoms with Crippen molar-refractivity contribution in [1.29, 1.82) is 0 Å². The molecule has 0 unspecified atom stereocenters. The molecule has 4 aromatic rings. The Kier molecular flexibility index (Phi) is 5.88. The minimum Gasteiger partial charge on any atom is -0.459 e. The number of furan rings is 2. The molecule has 2 N–H and O–H groups in total. The van der Waals surface area contributed by atoms with Crippen molar-refractivity contribution in [2.24, 2.45) is 0 Å². The summed E-state index contributed by atoms with van der Waals surface area (Å²) in [5, 5.41) is 13.2. The predicted octanol–water partition coefficient (Wildman–Crippen LogP) is 6.91. The Hall–Kier alpha value is -2.70. The molecule has 0 spiro atoms. The standard InChI is InChI=1S/C22H14Cl3NO4/c23-12-1-4-15(17(24)9-12)20-7-8-21(30-20)22(28)26-13-2-5-16(18(25)10-13)19-6-3-14(11-27)29-19/h1-10,27H,11H2,(H,26,28). The van der Waals surface area contributed by atoms with Gasteiger partial charge in [-0.2, -0.15) is 0 Å². The first-order chi connectivity index (χ1) is 14.4. The van der Waals surface area contributed by atoms with Crippen LogP contribution >= 0.6 is 34.8 Å². The van der Waals surface area contributed by atoms with E-state index in [1.165, 1.54) is 0 Å². The Bertz CT molecular complexity index is 1230. The Morgan fingerprint density at radius 3 is 2.17 bits per heavy atom. The van der Waals surface area contributed by atoms with Crippen molar-refractivity contribution in [2.45, 2.75) is 6.61 Å². The first-order valence-corrected chi connectivity index (χ1v) is 9.94. The number of hydrogen-bond donors (Lipinski definition) is 2. The molecule has 0 saturated carbocycles. The number of hydrogen-bond acceptors (Lipinski definition) is 4. The zero-order chi connectivity index (χ0) is 21.3. The summed E-state index contributed by atoms with van der Waals surface area (Å²) < 4.78 is 11.1. The highest BCUT2D eigenvalue weighted by atomic mass is 35.5. The number of rotatable bonds is 5. The van der Waals surface area contributed by atoms with E-state index in [1.807, 2.05) is 0 Å². The molecule has 2 aromatic heterocycles. The van der Waals surface area contributed by atoms with E-state index in [9.17, 15) is 4.79 Å². The summed E-state index contributed by atoms with van der Waals surface area (Å²) in [6.07, 6.45) is 0. The largest absolute Gasteiger partial charge is 0.459 e. The Morgan fingerprint density at radius 1 is 0.833 bits per heavy atom. The molecule has 0 fully saturated rings. The minimum absolute atomic E-state index is 0.120. The lowest BCUT2D eigenvalue weighted by atomic mass is 10.1. The maximum atomic E-state index is 12.6. The molecule has 4 rings (SSSR count). The Morgan fingerprint density at radius 2 is 1.50 bits per heavy atom. The van der Waals surface area contributed by atoms with Crippen LogP contribution in [0.1, 0.15) is 16.3 Å². The summed E-state index contributed by atoms with van der Waals surface area (Å²) in [7, 11) is 0. The van der Waals surface area contributed by atoms with Gasteiger partial charge in [0.25, 0.3) is 5.91 Å². The van der Waals surface area contributed by atoms with Gasteiger partial charge < -0.3 is 19.3 Å². The van der Waals surface area contributed by atoms with Gasteiger partial charge in [-0.25, -0.2) is 0 Å². The highest BCUT2D eigenvalue weighted by Crippen LogP contribution is 2.33. The maximum Gasteiger partial charge on any atom is 0.291 e. The Labute approximate surface area is 186 Å². The van der Waals surface area contributed by atoms with Gasteiger partial charge in [0, 0.05) is 21.8 Å². The third-order valence-corrected chi connectivity index (χ3v) is 5.20. The van der Waals surface area contributed by atoms with Crippen molar-refractivity contribution < 1.29 is 18.7 Å². The quantitative estimate of drug-likeness (QED) is 0.338. The van der Waals surface area contributed by atoms with Gasteiger partial charge in [-0.05, 0) is 60.7 Å². The minimum atomic E-state index is -0.435. The van der Waals surface area contributed by atoms with Crippen LogP contribution in [0.25, 0.3) is 22.6 Å². The number of amides is 1. The van der Waals surface area contributed by atoms with E-state index in [1.54, 1.807) is 60.7 Å².